The van der Waals surface area contributed by atoms with Crippen molar-refractivity contribution in [2.75, 3.05) is 11.3 Å². The number of rotatable bonds is 7. The molecular formula is C22H27FN2O4S. The molecule has 2 N–H and O–H groups in total. The van der Waals surface area contributed by atoms with Gasteiger partial charge in [-0.15, -0.1) is 0 Å². The lowest BCUT2D eigenvalue weighted by atomic mass is 9.97. The van der Waals surface area contributed by atoms with Crippen LogP contribution in [-0.4, -0.2) is 27.0 Å². The second-order valence-electron chi connectivity index (χ2n) is 7.48. The summed E-state index contributed by atoms with van der Waals surface area (Å²) in [6, 6.07) is 11.0. The zero-order chi connectivity index (χ0) is 21.4. The molecule has 8 heteroatoms. The van der Waals surface area contributed by atoms with Crippen LogP contribution >= 0.6 is 0 Å². The van der Waals surface area contributed by atoms with E-state index in [1.807, 2.05) is 0 Å². The number of anilines is 1. The van der Waals surface area contributed by atoms with Crippen LogP contribution in [0.2, 0.25) is 0 Å². The lowest BCUT2D eigenvalue weighted by Crippen LogP contribution is -2.38. The molecule has 1 saturated carbocycles. The second-order valence-corrected chi connectivity index (χ2v) is 9.16. The third-order valence-electron chi connectivity index (χ3n) is 5.07. The van der Waals surface area contributed by atoms with Gasteiger partial charge in [0.05, 0.1) is 4.90 Å². The normalized spacial score (nSPS) is 15.6. The molecule has 162 valence electrons. The van der Waals surface area contributed by atoms with Gasteiger partial charge in [-0.05, 0) is 61.4 Å². The number of ether oxygens (including phenoxy) is 1. The van der Waals surface area contributed by atoms with Gasteiger partial charge in [-0.3, -0.25) is 9.52 Å². The van der Waals surface area contributed by atoms with Crippen LogP contribution in [-0.2, 0) is 14.8 Å². The van der Waals surface area contributed by atoms with E-state index in [1.54, 1.807) is 0 Å². The molecule has 0 spiro atoms. The van der Waals surface area contributed by atoms with Crippen molar-refractivity contribution >= 4 is 21.6 Å². The van der Waals surface area contributed by atoms with Crippen molar-refractivity contribution in [3.05, 3.63) is 54.3 Å². The van der Waals surface area contributed by atoms with Crippen molar-refractivity contribution in [3.8, 4) is 5.75 Å². The van der Waals surface area contributed by atoms with E-state index in [1.165, 1.54) is 67.8 Å². The van der Waals surface area contributed by atoms with E-state index >= 15 is 0 Å². The monoisotopic (exact) mass is 434 g/mol. The van der Waals surface area contributed by atoms with Crippen molar-refractivity contribution in [3.63, 3.8) is 0 Å². The van der Waals surface area contributed by atoms with E-state index in [0.717, 1.165) is 25.7 Å². The lowest BCUT2D eigenvalue weighted by Gasteiger charge is -2.21. The van der Waals surface area contributed by atoms with Crippen molar-refractivity contribution in [2.24, 2.45) is 0 Å². The predicted molar refractivity (Wildman–Crippen MR) is 113 cm³/mol. The summed E-state index contributed by atoms with van der Waals surface area (Å²) in [4.78, 5) is 12.2. The molecule has 2 aromatic carbocycles. The molecule has 1 amide bonds. The molecule has 0 aromatic heterocycles. The molecule has 1 fully saturated rings. The highest BCUT2D eigenvalue weighted by molar-refractivity contribution is 7.92. The maximum absolute atomic E-state index is 13.0. The average molecular weight is 435 g/mol. The largest absolute Gasteiger partial charge is 0.484 e. The molecule has 6 nitrogen and oxygen atoms in total. The maximum Gasteiger partial charge on any atom is 0.261 e. The first-order valence-electron chi connectivity index (χ1n) is 10.2. The number of sulfonamides is 1. The lowest BCUT2D eigenvalue weighted by molar-refractivity contribution is -0.123. The maximum atomic E-state index is 13.0. The topological polar surface area (TPSA) is 84.5 Å². The summed E-state index contributed by atoms with van der Waals surface area (Å²) >= 11 is 0. The Morgan fingerprint density at radius 1 is 0.933 bits per heavy atom. The molecule has 0 aliphatic heterocycles. The van der Waals surface area contributed by atoms with Gasteiger partial charge < -0.3 is 10.1 Å². The minimum Gasteiger partial charge on any atom is -0.484 e. The number of benzene rings is 2. The summed E-state index contributed by atoms with van der Waals surface area (Å²) in [5.74, 6) is -0.211. The van der Waals surface area contributed by atoms with Crippen LogP contribution in [0.5, 0.6) is 5.75 Å². The van der Waals surface area contributed by atoms with Crippen LogP contribution in [0.3, 0.4) is 0 Å². The van der Waals surface area contributed by atoms with E-state index in [9.17, 15) is 17.6 Å². The van der Waals surface area contributed by atoms with Gasteiger partial charge in [0.2, 0.25) is 0 Å². The Bertz CT molecular complexity index is 923. The van der Waals surface area contributed by atoms with Gasteiger partial charge in [0.15, 0.2) is 6.61 Å². The van der Waals surface area contributed by atoms with E-state index in [4.69, 9.17) is 4.74 Å². The molecule has 0 radical (unpaired) electrons. The third kappa shape index (κ3) is 6.73. The molecule has 1 aliphatic rings. The smallest absolute Gasteiger partial charge is 0.261 e. The number of nitrogens with one attached hydrogen (secondary N) is 2. The number of halogens is 1. The Morgan fingerprint density at radius 2 is 1.53 bits per heavy atom. The van der Waals surface area contributed by atoms with Gasteiger partial charge in [0.25, 0.3) is 15.9 Å². The second kappa shape index (κ2) is 10.4. The third-order valence-corrected chi connectivity index (χ3v) is 6.47. The first kappa shape index (κ1) is 22.1. The quantitative estimate of drug-likeness (QED) is 0.683. The Balaban J connectivity index is 1.51. The molecule has 3 rings (SSSR count). The van der Waals surface area contributed by atoms with Crippen LogP contribution in [0, 0.1) is 5.82 Å². The summed E-state index contributed by atoms with van der Waals surface area (Å²) in [7, 11) is -3.81. The van der Waals surface area contributed by atoms with Crippen LogP contribution in [0.15, 0.2) is 53.4 Å². The summed E-state index contributed by atoms with van der Waals surface area (Å²) in [5, 5.41) is 3.03. The summed E-state index contributed by atoms with van der Waals surface area (Å²) < 4.78 is 45.7. The van der Waals surface area contributed by atoms with Crippen molar-refractivity contribution < 1.29 is 22.3 Å². The fourth-order valence-corrected chi connectivity index (χ4v) is 4.52. The molecular weight excluding hydrogens is 407 g/mol. The van der Waals surface area contributed by atoms with Gasteiger partial charge >= 0.3 is 0 Å². The van der Waals surface area contributed by atoms with Crippen molar-refractivity contribution in [2.45, 2.75) is 55.9 Å². The highest BCUT2D eigenvalue weighted by Gasteiger charge is 2.16. The van der Waals surface area contributed by atoms with Gasteiger partial charge in [-0.25, -0.2) is 12.8 Å². The minimum absolute atomic E-state index is 0.0400. The first-order valence-corrected chi connectivity index (χ1v) is 11.7. The average Bonchev–Trinajstić information content (AvgIpc) is 2.70. The highest BCUT2D eigenvalue weighted by atomic mass is 32.2. The standard InChI is InChI=1S/C22H27FN2O4S/c23-17-8-10-19(11-9-17)25-30(27,28)21-14-12-20(13-15-21)29-16-22(26)24-18-6-4-2-1-3-5-7-18/h8-15,18,25H,1-7,16H2,(H,24,26). The van der Waals surface area contributed by atoms with E-state index < -0.39 is 15.8 Å². The number of carbonyl (C=O) groups excluding carboxylic acids is 1. The SMILES string of the molecule is O=C(COc1ccc(S(=O)(=O)Nc2ccc(F)cc2)cc1)NC1CCCCCCC1. The zero-order valence-corrected chi connectivity index (χ0v) is 17.6. The Hall–Kier alpha value is -2.61. The number of carbonyl (C=O) groups is 1. The van der Waals surface area contributed by atoms with Crippen molar-refractivity contribution in [1.82, 2.24) is 5.32 Å². The molecule has 0 heterocycles. The van der Waals surface area contributed by atoms with Gasteiger partial charge in [0, 0.05) is 11.7 Å². The van der Waals surface area contributed by atoms with Crippen LogP contribution in [0.1, 0.15) is 44.9 Å². The Kier molecular flexibility index (Phi) is 7.68. The molecule has 30 heavy (non-hydrogen) atoms. The predicted octanol–water partition coefficient (Wildman–Crippen LogP) is 4.23. The van der Waals surface area contributed by atoms with Crippen molar-refractivity contribution in [1.29, 1.82) is 0 Å². The Labute approximate surface area is 176 Å². The molecule has 2 aromatic rings. The van der Waals surface area contributed by atoms with E-state index in [-0.39, 0.29) is 29.1 Å². The fraction of sp³-hybridized carbons (Fsp3) is 0.409. The summed E-state index contributed by atoms with van der Waals surface area (Å²) in [6.45, 7) is -0.115. The van der Waals surface area contributed by atoms with Gasteiger partial charge in [0.1, 0.15) is 11.6 Å². The molecule has 0 bridgehead atoms. The number of amides is 1. The fourth-order valence-electron chi connectivity index (χ4n) is 3.47. The summed E-state index contributed by atoms with van der Waals surface area (Å²) in [5.41, 5.74) is 0.266. The van der Waals surface area contributed by atoms with E-state index in [2.05, 4.69) is 10.0 Å². The molecule has 0 atom stereocenters. The Morgan fingerprint density at radius 3 is 2.17 bits per heavy atom. The van der Waals surface area contributed by atoms with Gasteiger partial charge in [-0.2, -0.15) is 0 Å². The van der Waals surface area contributed by atoms with Crippen LogP contribution in [0.4, 0.5) is 10.1 Å². The molecule has 1 aliphatic carbocycles. The number of hydrogen-bond acceptors (Lipinski definition) is 4. The number of hydrogen-bond donors (Lipinski definition) is 2. The molecule has 0 saturated heterocycles. The minimum atomic E-state index is -3.81. The summed E-state index contributed by atoms with van der Waals surface area (Å²) in [6.07, 6.45) is 7.97. The highest BCUT2D eigenvalue weighted by Crippen LogP contribution is 2.20. The molecule has 0 unspecified atom stereocenters. The van der Waals surface area contributed by atoms with Crippen LogP contribution < -0.4 is 14.8 Å². The first-order chi connectivity index (χ1) is 14.4. The van der Waals surface area contributed by atoms with Gasteiger partial charge in [-0.1, -0.05) is 32.1 Å². The van der Waals surface area contributed by atoms with E-state index in [0.29, 0.717) is 5.75 Å². The zero-order valence-electron chi connectivity index (χ0n) is 16.8. The van der Waals surface area contributed by atoms with Crippen LogP contribution in [0.25, 0.3) is 0 Å².